The maximum absolute atomic E-state index is 11.6. The number of nitrogens with one attached hydrogen (secondary N) is 1. The molecule has 5 nitrogen and oxygen atoms in total. The van der Waals surface area contributed by atoms with Gasteiger partial charge < -0.3 is 4.90 Å². The zero-order valence-corrected chi connectivity index (χ0v) is 11.2. The van der Waals surface area contributed by atoms with Gasteiger partial charge >= 0.3 is 0 Å². The Morgan fingerprint density at radius 1 is 1.31 bits per heavy atom. The molecule has 0 fully saturated rings. The molecule has 0 bridgehead atoms. The van der Waals surface area contributed by atoms with Crippen LogP contribution in [0.1, 0.15) is 27.7 Å². The molecular weight excluding hydrogens is 226 g/mol. The predicted octanol–water partition coefficient (Wildman–Crippen LogP) is 0.548. The van der Waals surface area contributed by atoms with E-state index in [0.717, 1.165) is 13.1 Å². The Morgan fingerprint density at radius 2 is 1.81 bits per heavy atom. The van der Waals surface area contributed by atoms with Gasteiger partial charge in [-0.3, -0.25) is 0 Å². The van der Waals surface area contributed by atoms with Crippen molar-refractivity contribution in [3.8, 4) is 6.07 Å². The Labute approximate surface area is 98.5 Å². The molecule has 0 aliphatic heterocycles. The maximum Gasteiger partial charge on any atom is 0.227 e. The molecule has 0 aromatic carbocycles. The normalized spacial score (nSPS) is 15.8. The highest BCUT2D eigenvalue weighted by Crippen LogP contribution is 2.00. The molecule has 0 saturated carbocycles. The van der Waals surface area contributed by atoms with E-state index in [2.05, 4.69) is 9.62 Å². The van der Waals surface area contributed by atoms with Crippen LogP contribution >= 0.6 is 0 Å². The minimum atomic E-state index is -3.51. The third kappa shape index (κ3) is 4.92. The van der Waals surface area contributed by atoms with Gasteiger partial charge in [-0.2, -0.15) is 5.26 Å². The first-order valence-electron chi connectivity index (χ1n) is 5.50. The summed E-state index contributed by atoms with van der Waals surface area (Å²) >= 11 is 0. The molecule has 0 rings (SSSR count). The van der Waals surface area contributed by atoms with Crippen molar-refractivity contribution in [1.82, 2.24) is 9.62 Å². The number of hydrogen-bond acceptors (Lipinski definition) is 4. The summed E-state index contributed by atoms with van der Waals surface area (Å²) in [4.78, 5) is 2.13. The van der Waals surface area contributed by atoms with Crippen LogP contribution in [0.4, 0.5) is 0 Å². The van der Waals surface area contributed by atoms with Gasteiger partial charge in [-0.05, 0) is 26.9 Å². The van der Waals surface area contributed by atoms with Crippen LogP contribution in [-0.4, -0.2) is 44.2 Å². The maximum atomic E-state index is 11.6. The van der Waals surface area contributed by atoms with Crippen molar-refractivity contribution in [2.75, 3.05) is 19.6 Å². The lowest BCUT2D eigenvalue weighted by atomic mass is 10.3. The number of hydrogen-bond donors (Lipinski definition) is 1. The molecule has 6 heteroatoms. The van der Waals surface area contributed by atoms with Crippen molar-refractivity contribution in [1.29, 1.82) is 5.26 Å². The average Bonchev–Trinajstić information content (AvgIpc) is 2.23. The monoisotopic (exact) mass is 247 g/mol. The van der Waals surface area contributed by atoms with Crippen LogP contribution in [0.15, 0.2) is 0 Å². The smallest absolute Gasteiger partial charge is 0.227 e. The van der Waals surface area contributed by atoms with E-state index >= 15 is 0 Å². The van der Waals surface area contributed by atoms with Gasteiger partial charge in [-0.1, -0.05) is 13.8 Å². The van der Waals surface area contributed by atoms with E-state index in [1.807, 2.05) is 13.8 Å². The van der Waals surface area contributed by atoms with Crippen LogP contribution in [0.3, 0.4) is 0 Å². The average molecular weight is 247 g/mol. The van der Waals surface area contributed by atoms with Crippen LogP contribution < -0.4 is 4.72 Å². The van der Waals surface area contributed by atoms with Gasteiger partial charge in [0, 0.05) is 12.6 Å². The number of nitrogens with zero attached hydrogens (tertiary/aromatic N) is 2. The Morgan fingerprint density at radius 3 is 2.19 bits per heavy atom. The molecule has 0 saturated heterocycles. The molecule has 0 aliphatic carbocycles. The molecule has 1 N–H and O–H groups in total. The van der Waals surface area contributed by atoms with Crippen molar-refractivity contribution < 1.29 is 8.42 Å². The molecule has 0 aromatic heterocycles. The van der Waals surface area contributed by atoms with E-state index in [4.69, 9.17) is 5.26 Å². The first kappa shape index (κ1) is 15.4. The number of nitriles is 1. The topological polar surface area (TPSA) is 73.2 Å². The zero-order chi connectivity index (χ0) is 12.8. The van der Waals surface area contributed by atoms with Crippen LogP contribution in [0.2, 0.25) is 0 Å². The minimum absolute atomic E-state index is 0.180. The van der Waals surface area contributed by atoms with Crippen molar-refractivity contribution in [2.45, 2.75) is 39.0 Å². The largest absolute Gasteiger partial charge is 0.302 e. The summed E-state index contributed by atoms with van der Waals surface area (Å²) in [5.41, 5.74) is 0. The summed E-state index contributed by atoms with van der Waals surface area (Å²) in [7, 11) is -3.51. The van der Waals surface area contributed by atoms with Gasteiger partial charge in [0.05, 0.1) is 6.07 Å². The third-order valence-corrected chi connectivity index (χ3v) is 4.21. The SMILES string of the molecule is CCN(CC)CC(C)NS(=O)(=O)C(C)C#N. The Hall–Kier alpha value is -0.640. The van der Waals surface area contributed by atoms with E-state index in [9.17, 15) is 8.42 Å². The van der Waals surface area contributed by atoms with Crippen LogP contribution in [0.5, 0.6) is 0 Å². The number of sulfonamides is 1. The summed E-state index contributed by atoms with van der Waals surface area (Å²) in [6.45, 7) is 9.68. The van der Waals surface area contributed by atoms with Crippen LogP contribution in [0, 0.1) is 11.3 Å². The summed E-state index contributed by atoms with van der Waals surface area (Å²) in [6, 6.07) is 1.55. The molecule has 0 aliphatic rings. The van der Waals surface area contributed by atoms with Crippen LogP contribution in [0.25, 0.3) is 0 Å². The Balaban J connectivity index is 4.35. The third-order valence-electron chi connectivity index (χ3n) is 2.44. The summed E-state index contributed by atoms with van der Waals surface area (Å²) in [6.07, 6.45) is 0. The fourth-order valence-corrected chi connectivity index (χ4v) is 2.34. The lowest BCUT2D eigenvalue weighted by Crippen LogP contribution is -2.44. The first-order valence-corrected chi connectivity index (χ1v) is 7.05. The second-order valence-corrected chi connectivity index (χ2v) is 5.85. The standard InChI is InChI=1S/C10H21N3O2S/c1-5-13(6-2)8-9(3)12-16(14,15)10(4)7-11/h9-10,12H,5-6,8H2,1-4H3. The molecule has 0 spiro atoms. The first-order chi connectivity index (χ1) is 7.37. The molecule has 0 aromatic rings. The van der Waals surface area contributed by atoms with Gasteiger partial charge in [0.15, 0.2) is 5.25 Å². The quantitative estimate of drug-likeness (QED) is 0.713. The highest BCUT2D eigenvalue weighted by atomic mass is 32.2. The van der Waals surface area contributed by atoms with Gasteiger partial charge in [0.2, 0.25) is 10.0 Å². The van der Waals surface area contributed by atoms with Crippen LogP contribution in [-0.2, 0) is 10.0 Å². The van der Waals surface area contributed by atoms with Crippen molar-refractivity contribution in [3.05, 3.63) is 0 Å². The fourth-order valence-electron chi connectivity index (χ4n) is 1.36. The van der Waals surface area contributed by atoms with E-state index in [1.165, 1.54) is 6.92 Å². The molecule has 0 heterocycles. The van der Waals surface area contributed by atoms with Gasteiger partial charge in [-0.15, -0.1) is 0 Å². The van der Waals surface area contributed by atoms with Gasteiger partial charge in [0.1, 0.15) is 0 Å². The highest BCUT2D eigenvalue weighted by molar-refractivity contribution is 7.90. The van der Waals surface area contributed by atoms with Crippen molar-refractivity contribution in [3.63, 3.8) is 0 Å². The van der Waals surface area contributed by atoms with Gasteiger partial charge in [-0.25, -0.2) is 13.1 Å². The van der Waals surface area contributed by atoms with E-state index in [-0.39, 0.29) is 6.04 Å². The van der Waals surface area contributed by atoms with E-state index in [1.54, 1.807) is 13.0 Å². The number of likely N-dealkylation sites (N-methyl/N-ethyl adjacent to an activating group) is 1. The molecule has 0 amide bonds. The zero-order valence-electron chi connectivity index (χ0n) is 10.4. The molecule has 94 valence electrons. The second kappa shape index (κ2) is 6.84. The van der Waals surface area contributed by atoms with Crippen molar-refractivity contribution >= 4 is 10.0 Å². The molecule has 2 atom stereocenters. The number of rotatable bonds is 7. The lowest BCUT2D eigenvalue weighted by molar-refractivity contribution is 0.282. The molecular formula is C10H21N3O2S. The second-order valence-electron chi connectivity index (χ2n) is 3.82. The Bertz CT molecular complexity index is 330. The molecule has 2 unspecified atom stereocenters. The van der Waals surface area contributed by atoms with E-state index < -0.39 is 15.3 Å². The van der Waals surface area contributed by atoms with Crippen molar-refractivity contribution in [2.24, 2.45) is 0 Å². The summed E-state index contributed by atoms with van der Waals surface area (Å²) in [5.74, 6) is 0. The lowest BCUT2D eigenvalue weighted by Gasteiger charge is -2.23. The van der Waals surface area contributed by atoms with E-state index in [0.29, 0.717) is 6.54 Å². The van der Waals surface area contributed by atoms with Gasteiger partial charge in [0.25, 0.3) is 0 Å². The summed E-state index contributed by atoms with van der Waals surface area (Å²) < 4.78 is 25.7. The molecule has 16 heavy (non-hydrogen) atoms. The fraction of sp³-hybridized carbons (Fsp3) is 0.900. The predicted molar refractivity (Wildman–Crippen MR) is 64.4 cm³/mol. The Kier molecular flexibility index (Phi) is 6.56. The summed E-state index contributed by atoms with van der Waals surface area (Å²) in [5, 5.41) is 7.57. The molecule has 0 radical (unpaired) electrons. The highest BCUT2D eigenvalue weighted by Gasteiger charge is 2.22. The minimum Gasteiger partial charge on any atom is -0.302 e.